The number of nitro benzene ring substituents is 1. The van der Waals surface area contributed by atoms with E-state index in [4.69, 9.17) is 5.26 Å². The lowest BCUT2D eigenvalue weighted by atomic mass is 10.00. The number of hydrogen-bond acceptors (Lipinski definition) is 3. The quantitative estimate of drug-likeness (QED) is 0.630. The maximum Gasteiger partial charge on any atom is 0.275 e. The highest BCUT2D eigenvalue weighted by Gasteiger charge is 2.19. The van der Waals surface area contributed by atoms with Crippen LogP contribution in [0.4, 0.5) is 5.69 Å². The maximum absolute atomic E-state index is 10.9. The Morgan fingerprint density at radius 2 is 2.19 bits per heavy atom. The number of nitriles is 1. The van der Waals surface area contributed by atoms with E-state index in [9.17, 15) is 10.1 Å². The van der Waals surface area contributed by atoms with Gasteiger partial charge in [0.25, 0.3) is 5.69 Å². The largest absolute Gasteiger partial charge is 0.275 e. The molecule has 5 heteroatoms. The molecule has 0 N–H and O–H groups in total. The molecule has 0 saturated heterocycles. The molecule has 4 nitrogen and oxygen atoms in total. The molecular weight excluding hydrogens is 272 g/mol. The van der Waals surface area contributed by atoms with Crippen molar-refractivity contribution >= 4 is 21.6 Å². The van der Waals surface area contributed by atoms with Crippen molar-refractivity contribution in [1.82, 2.24) is 0 Å². The van der Waals surface area contributed by atoms with E-state index in [0.717, 1.165) is 0 Å². The number of nitro groups is 1. The van der Waals surface area contributed by atoms with Crippen molar-refractivity contribution < 1.29 is 4.92 Å². The summed E-state index contributed by atoms with van der Waals surface area (Å²) >= 11 is 3.25. The number of rotatable bonds is 3. The summed E-state index contributed by atoms with van der Waals surface area (Å²) in [6, 6.07) is 4.77. The number of benzene rings is 1. The smallest absolute Gasteiger partial charge is 0.258 e. The summed E-state index contributed by atoms with van der Waals surface area (Å²) in [6.45, 7) is 3.88. The molecule has 83 valence electrons. The normalized spacial score (nSPS) is 10.2. The molecule has 0 unspecified atom stereocenters. The fourth-order valence-corrected chi connectivity index (χ4v) is 1.90. The fraction of sp³-hybridized carbons (Fsp3) is 0.273. The zero-order valence-corrected chi connectivity index (χ0v) is 10.5. The molecule has 16 heavy (non-hydrogen) atoms. The van der Waals surface area contributed by atoms with Gasteiger partial charge >= 0.3 is 0 Å². The Kier molecular flexibility index (Phi) is 4.02. The number of hydrogen-bond donors (Lipinski definition) is 0. The van der Waals surface area contributed by atoms with Crippen LogP contribution in [0.25, 0.3) is 0 Å². The summed E-state index contributed by atoms with van der Waals surface area (Å²) in [5.74, 6) is 0.197. The summed E-state index contributed by atoms with van der Waals surface area (Å²) < 4.78 is 0.576. The van der Waals surface area contributed by atoms with E-state index in [1.54, 1.807) is 12.5 Å². The Morgan fingerprint density at radius 1 is 1.56 bits per heavy atom. The van der Waals surface area contributed by atoms with Gasteiger partial charge in [-0.2, -0.15) is 5.26 Å². The van der Waals surface area contributed by atoms with Gasteiger partial charge in [0.2, 0.25) is 0 Å². The van der Waals surface area contributed by atoms with Gasteiger partial charge in [0.05, 0.1) is 16.6 Å². The minimum absolute atomic E-state index is 0.0420. The third-order valence-electron chi connectivity index (χ3n) is 1.93. The summed E-state index contributed by atoms with van der Waals surface area (Å²) in [5.41, 5.74) is 0.762. The first kappa shape index (κ1) is 12.7. The second kappa shape index (κ2) is 5.08. The minimum Gasteiger partial charge on any atom is -0.258 e. The highest BCUT2D eigenvalue weighted by molar-refractivity contribution is 9.10. The zero-order valence-electron chi connectivity index (χ0n) is 8.90. The first-order chi connectivity index (χ1) is 7.45. The van der Waals surface area contributed by atoms with Crippen molar-refractivity contribution in [3.63, 3.8) is 0 Å². The highest BCUT2D eigenvalue weighted by atomic mass is 79.9. The zero-order chi connectivity index (χ0) is 12.3. The van der Waals surface area contributed by atoms with Gasteiger partial charge < -0.3 is 0 Å². The van der Waals surface area contributed by atoms with E-state index in [0.29, 0.717) is 10.0 Å². The van der Waals surface area contributed by atoms with Crippen LogP contribution in [-0.4, -0.2) is 4.92 Å². The van der Waals surface area contributed by atoms with Gasteiger partial charge in [-0.25, -0.2) is 0 Å². The van der Waals surface area contributed by atoms with Crippen LogP contribution in [0.15, 0.2) is 16.6 Å². The van der Waals surface area contributed by atoms with Gasteiger partial charge in [-0.1, -0.05) is 29.8 Å². The first-order valence-electron chi connectivity index (χ1n) is 4.68. The molecule has 0 aliphatic carbocycles. The Hall–Kier alpha value is -1.41. The lowest BCUT2D eigenvalue weighted by Gasteiger charge is -2.08. The van der Waals surface area contributed by atoms with Crippen LogP contribution in [0.2, 0.25) is 0 Å². The fourth-order valence-electron chi connectivity index (χ4n) is 1.32. The Balaban J connectivity index is 3.35. The van der Waals surface area contributed by atoms with E-state index < -0.39 is 4.92 Å². The van der Waals surface area contributed by atoms with E-state index in [-0.39, 0.29) is 17.2 Å². The molecule has 0 fully saturated rings. The molecular formula is C11H10BrN2O2. The number of nitrogens with zero attached hydrogens (tertiary/aromatic N) is 2. The van der Waals surface area contributed by atoms with Gasteiger partial charge in [0, 0.05) is 22.5 Å². The molecule has 0 bridgehead atoms. The molecule has 1 aromatic rings. The second-order valence-corrected chi connectivity index (χ2v) is 4.52. The SMILES string of the molecule is CC(C)[CH]c1c(Br)cc(C#N)cc1[N+](=O)[O-]. The van der Waals surface area contributed by atoms with E-state index in [1.165, 1.54) is 6.07 Å². The molecule has 0 aromatic heterocycles. The summed E-state index contributed by atoms with van der Waals surface area (Å²) in [4.78, 5) is 10.4. The van der Waals surface area contributed by atoms with Crippen LogP contribution < -0.4 is 0 Å². The van der Waals surface area contributed by atoms with E-state index in [1.807, 2.05) is 19.9 Å². The molecule has 0 aliphatic heterocycles. The van der Waals surface area contributed by atoms with Crippen LogP contribution in [-0.2, 0) is 0 Å². The molecule has 0 saturated carbocycles. The second-order valence-electron chi connectivity index (χ2n) is 3.67. The molecule has 1 radical (unpaired) electrons. The average Bonchev–Trinajstić information content (AvgIpc) is 2.19. The monoisotopic (exact) mass is 281 g/mol. The molecule has 0 heterocycles. The van der Waals surface area contributed by atoms with Crippen LogP contribution in [0.1, 0.15) is 25.0 Å². The minimum atomic E-state index is -0.472. The van der Waals surface area contributed by atoms with Crippen LogP contribution in [0, 0.1) is 33.8 Å². The standard InChI is InChI=1S/C11H10BrN2O2/c1-7(2)3-9-10(12)4-8(6-13)5-11(9)14(15)16/h3-5,7H,1-2H3. The first-order valence-corrected chi connectivity index (χ1v) is 5.48. The van der Waals surface area contributed by atoms with Crippen LogP contribution >= 0.6 is 15.9 Å². The van der Waals surface area contributed by atoms with Crippen molar-refractivity contribution in [2.75, 3.05) is 0 Å². The van der Waals surface area contributed by atoms with E-state index in [2.05, 4.69) is 15.9 Å². The van der Waals surface area contributed by atoms with Crippen molar-refractivity contribution in [1.29, 1.82) is 5.26 Å². The molecule has 1 rings (SSSR count). The van der Waals surface area contributed by atoms with Crippen LogP contribution in [0.5, 0.6) is 0 Å². The summed E-state index contributed by atoms with van der Waals surface area (Å²) in [7, 11) is 0. The molecule has 0 atom stereocenters. The molecule has 0 aliphatic rings. The predicted molar refractivity (Wildman–Crippen MR) is 63.8 cm³/mol. The lowest BCUT2D eigenvalue weighted by Crippen LogP contribution is -2.00. The topological polar surface area (TPSA) is 66.9 Å². The van der Waals surface area contributed by atoms with Gasteiger partial charge in [-0.05, 0) is 12.0 Å². The van der Waals surface area contributed by atoms with Crippen molar-refractivity contribution in [2.45, 2.75) is 13.8 Å². The predicted octanol–water partition coefficient (Wildman–Crippen LogP) is 3.44. The Morgan fingerprint density at radius 3 is 2.62 bits per heavy atom. The van der Waals surface area contributed by atoms with Crippen LogP contribution in [0.3, 0.4) is 0 Å². The summed E-state index contributed by atoms with van der Waals surface area (Å²) in [5, 5.41) is 19.6. The Labute approximate surface area is 102 Å². The average molecular weight is 282 g/mol. The molecule has 1 aromatic carbocycles. The van der Waals surface area contributed by atoms with Gasteiger partial charge in [0.1, 0.15) is 0 Å². The van der Waals surface area contributed by atoms with Crippen molar-refractivity contribution in [3.8, 4) is 6.07 Å². The maximum atomic E-state index is 10.9. The van der Waals surface area contributed by atoms with Gasteiger partial charge in [0.15, 0.2) is 0 Å². The van der Waals surface area contributed by atoms with Crippen molar-refractivity contribution in [3.05, 3.63) is 44.3 Å². The van der Waals surface area contributed by atoms with Gasteiger partial charge in [-0.15, -0.1) is 0 Å². The molecule has 0 amide bonds. The number of halogens is 1. The third kappa shape index (κ3) is 2.80. The third-order valence-corrected chi connectivity index (χ3v) is 2.59. The van der Waals surface area contributed by atoms with Gasteiger partial charge in [-0.3, -0.25) is 10.1 Å². The highest BCUT2D eigenvalue weighted by Crippen LogP contribution is 2.31. The molecule has 0 spiro atoms. The summed E-state index contributed by atoms with van der Waals surface area (Å²) in [6.07, 6.45) is 1.80. The Bertz CT molecular complexity index is 464. The lowest BCUT2D eigenvalue weighted by molar-refractivity contribution is -0.385. The van der Waals surface area contributed by atoms with E-state index >= 15 is 0 Å². The van der Waals surface area contributed by atoms with Crippen molar-refractivity contribution in [2.24, 2.45) is 5.92 Å².